The van der Waals surface area contributed by atoms with Crippen molar-refractivity contribution in [2.24, 2.45) is 0 Å². The first-order chi connectivity index (χ1) is 8.22. The lowest BCUT2D eigenvalue weighted by molar-refractivity contribution is 0.204. The third-order valence-corrected chi connectivity index (χ3v) is 2.49. The summed E-state index contributed by atoms with van der Waals surface area (Å²) in [6, 6.07) is 6.48. The fourth-order valence-corrected chi connectivity index (χ4v) is 1.50. The van der Waals surface area contributed by atoms with Gasteiger partial charge in [-0.3, -0.25) is 0 Å². The average Bonchev–Trinajstić information content (AvgIpc) is 2.32. The van der Waals surface area contributed by atoms with Crippen molar-refractivity contribution in [2.75, 3.05) is 26.8 Å². The number of benzene rings is 1. The molecule has 0 aliphatic rings. The molecule has 1 aromatic rings. The number of nitrogens with one attached hydrogen (secondary N) is 2. The number of halogens is 1. The second kappa shape index (κ2) is 7.97. The van der Waals surface area contributed by atoms with Crippen molar-refractivity contribution in [1.29, 1.82) is 0 Å². The molecule has 94 valence electrons. The molecule has 0 saturated carbocycles. The molecule has 0 saturated heterocycles. The first-order valence-corrected chi connectivity index (χ1v) is 5.88. The summed E-state index contributed by atoms with van der Waals surface area (Å²) in [5, 5.41) is 6.70. The Morgan fingerprint density at radius 3 is 2.53 bits per heavy atom. The van der Waals surface area contributed by atoms with Gasteiger partial charge in [0.2, 0.25) is 0 Å². The van der Waals surface area contributed by atoms with Gasteiger partial charge in [-0.15, -0.1) is 0 Å². The number of ether oxygens (including phenoxy) is 1. The Morgan fingerprint density at radius 1 is 1.24 bits per heavy atom. The lowest BCUT2D eigenvalue weighted by Crippen LogP contribution is -2.37. The maximum atomic E-state index is 12.7. The van der Waals surface area contributed by atoms with Gasteiger partial charge in [-0.25, -0.2) is 4.39 Å². The summed E-state index contributed by atoms with van der Waals surface area (Å²) in [5.74, 6) is -0.210. The monoisotopic (exact) mass is 256 g/mol. The molecule has 0 heterocycles. The molecule has 0 amide bonds. The Balaban J connectivity index is 2.14. The molecule has 0 aliphatic carbocycles. The minimum absolute atomic E-state index is 0.210. The maximum Gasteiger partial charge on any atom is 0.166 e. The molecule has 17 heavy (non-hydrogen) atoms. The molecule has 0 aliphatic heterocycles. The molecule has 0 radical (unpaired) electrons. The highest BCUT2D eigenvalue weighted by Gasteiger charge is 1.96. The van der Waals surface area contributed by atoms with Crippen molar-refractivity contribution < 1.29 is 9.13 Å². The summed E-state index contributed by atoms with van der Waals surface area (Å²) in [6.07, 6.45) is 0.812. The number of rotatable bonds is 6. The smallest absolute Gasteiger partial charge is 0.166 e. The molecule has 0 aromatic heterocycles. The van der Waals surface area contributed by atoms with Gasteiger partial charge in [0, 0.05) is 20.2 Å². The first kappa shape index (κ1) is 13.9. The topological polar surface area (TPSA) is 33.3 Å². The van der Waals surface area contributed by atoms with Gasteiger partial charge in [-0.05, 0) is 36.3 Å². The highest BCUT2D eigenvalue weighted by molar-refractivity contribution is 7.80. The second-order valence-electron chi connectivity index (χ2n) is 3.55. The van der Waals surface area contributed by atoms with Crippen molar-refractivity contribution in [3.8, 4) is 0 Å². The normalized spacial score (nSPS) is 10.0. The van der Waals surface area contributed by atoms with E-state index in [0.29, 0.717) is 18.3 Å². The van der Waals surface area contributed by atoms with E-state index in [4.69, 9.17) is 17.0 Å². The average molecular weight is 256 g/mol. The predicted octanol–water partition coefficient (Wildman–Crippen LogP) is 1.48. The van der Waals surface area contributed by atoms with Gasteiger partial charge in [-0.1, -0.05) is 12.1 Å². The van der Waals surface area contributed by atoms with Gasteiger partial charge >= 0.3 is 0 Å². The molecule has 0 atom stereocenters. The van der Waals surface area contributed by atoms with Crippen LogP contribution < -0.4 is 10.6 Å². The van der Waals surface area contributed by atoms with E-state index in [1.807, 2.05) is 0 Å². The highest BCUT2D eigenvalue weighted by Crippen LogP contribution is 2.02. The third-order valence-electron chi connectivity index (χ3n) is 2.20. The van der Waals surface area contributed by atoms with Crippen LogP contribution in [0.15, 0.2) is 24.3 Å². The summed E-state index contributed by atoms with van der Waals surface area (Å²) >= 11 is 5.07. The molecule has 1 aromatic carbocycles. The van der Waals surface area contributed by atoms with Crippen LogP contribution in [0.2, 0.25) is 0 Å². The van der Waals surface area contributed by atoms with E-state index in [1.54, 1.807) is 19.2 Å². The quantitative estimate of drug-likeness (QED) is 0.596. The first-order valence-electron chi connectivity index (χ1n) is 5.47. The van der Waals surface area contributed by atoms with E-state index in [0.717, 1.165) is 18.5 Å². The second-order valence-corrected chi connectivity index (χ2v) is 3.96. The fourth-order valence-electron chi connectivity index (χ4n) is 1.30. The van der Waals surface area contributed by atoms with Crippen LogP contribution in [-0.2, 0) is 11.2 Å². The van der Waals surface area contributed by atoms with Gasteiger partial charge in [0.25, 0.3) is 0 Å². The Morgan fingerprint density at radius 2 is 1.88 bits per heavy atom. The van der Waals surface area contributed by atoms with E-state index in [9.17, 15) is 4.39 Å². The van der Waals surface area contributed by atoms with Crippen LogP contribution in [-0.4, -0.2) is 31.9 Å². The number of thiocarbonyl (C=S) groups is 1. The zero-order valence-corrected chi connectivity index (χ0v) is 10.6. The molecular formula is C12H17FN2OS. The Kier molecular flexibility index (Phi) is 6.50. The summed E-state index contributed by atoms with van der Waals surface area (Å²) < 4.78 is 17.5. The predicted molar refractivity (Wildman–Crippen MR) is 70.6 cm³/mol. The Labute approximate surface area is 106 Å². The Hall–Kier alpha value is -1.20. The molecule has 0 unspecified atom stereocenters. The lowest BCUT2D eigenvalue weighted by atomic mass is 10.1. The van der Waals surface area contributed by atoms with Crippen molar-refractivity contribution in [3.05, 3.63) is 35.6 Å². The van der Waals surface area contributed by atoms with Gasteiger partial charge in [-0.2, -0.15) is 0 Å². The van der Waals surface area contributed by atoms with E-state index < -0.39 is 0 Å². The van der Waals surface area contributed by atoms with E-state index in [1.165, 1.54) is 12.1 Å². The molecule has 1 rings (SSSR count). The van der Waals surface area contributed by atoms with Crippen LogP contribution in [0.4, 0.5) is 4.39 Å². The van der Waals surface area contributed by atoms with Crippen LogP contribution in [0.5, 0.6) is 0 Å². The SMILES string of the molecule is COCCNC(=S)NCCc1ccc(F)cc1. The third kappa shape index (κ3) is 6.19. The van der Waals surface area contributed by atoms with E-state index >= 15 is 0 Å². The van der Waals surface area contributed by atoms with Crippen molar-refractivity contribution >= 4 is 17.3 Å². The van der Waals surface area contributed by atoms with Crippen LogP contribution in [0.1, 0.15) is 5.56 Å². The van der Waals surface area contributed by atoms with Crippen LogP contribution in [0.25, 0.3) is 0 Å². The number of methoxy groups -OCH3 is 1. The van der Waals surface area contributed by atoms with E-state index in [2.05, 4.69) is 10.6 Å². The summed E-state index contributed by atoms with van der Waals surface area (Å²) in [4.78, 5) is 0. The van der Waals surface area contributed by atoms with Gasteiger partial charge in [0.1, 0.15) is 5.82 Å². The van der Waals surface area contributed by atoms with Crippen LogP contribution >= 0.6 is 12.2 Å². The lowest BCUT2D eigenvalue weighted by Gasteiger charge is -2.09. The highest BCUT2D eigenvalue weighted by atomic mass is 32.1. The molecule has 2 N–H and O–H groups in total. The Bertz CT molecular complexity index is 343. The van der Waals surface area contributed by atoms with Crippen molar-refractivity contribution in [2.45, 2.75) is 6.42 Å². The summed E-state index contributed by atoms with van der Waals surface area (Å²) in [7, 11) is 1.65. The van der Waals surface area contributed by atoms with Gasteiger partial charge < -0.3 is 15.4 Å². The maximum absolute atomic E-state index is 12.7. The molecule has 0 fully saturated rings. The minimum atomic E-state index is -0.210. The fraction of sp³-hybridized carbons (Fsp3) is 0.417. The minimum Gasteiger partial charge on any atom is -0.383 e. The molecule has 5 heteroatoms. The number of hydrogen-bond acceptors (Lipinski definition) is 2. The standard InChI is InChI=1S/C12H17FN2OS/c1-16-9-8-15-12(17)14-7-6-10-2-4-11(13)5-3-10/h2-5H,6-9H2,1H3,(H2,14,15,17). The van der Waals surface area contributed by atoms with Crippen molar-refractivity contribution in [3.63, 3.8) is 0 Å². The molecule has 0 spiro atoms. The summed E-state index contributed by atoms with van der Waals surface area (Å²) in [6.45, 7) is 2.04. The molecule has 3 nitrogen and oxygen atoms in total. The number of hydrogen-bond donors (Lipinski definition) is 2. The largest absolute Gasteiger partial charge is 0.383 e. The molecule has 0 bridgehead atoms. The van der Waals surface area contributed by atoms with E-state index in [-0.39, 0.29) is 5.82 Å². The van der Waals surface area contributed by atoms with Crippen LogP contribution in [0.3, 0.4) is 0 Å². The summed E-state index contributed by atoms with van der Waals surface area (Å²) in [5.41, 5.74) is 1.08. The zero-order chi connectivity index (χ0) is 12.5. The van der Waals surface area contributed by atoms with Crippen LogP contribution in [0, 0.1) is 5.82 Å². The zero-order valence-electron chi connectivity index (χ0n) is 9.83. The van der Waals surface area contributed by atoms with Gasteiger partial charge in [0.05, 0.1) is 6.61 Å². The molecular weight excluding hydrogens is 239 g/mol. The van der Waals surface area contributed by atoms with Gasteiger partial charge in [0.15, 0.2) is 5.11 Å². The van der Waals surface area contributed by atoms with Crippen molar-refractivity contribution in [1.82, 2.24) is 10.6 Å².